The van der Waals surface area contributed by atoms with E-state index >= 15 is 0 Å². The molecule has 0 saturated heterocycles. The summed E-state index contributed by atoms with van der Waals surface area (Å²) < 4.78 is 29.4. The Hall–Kier alpha value is -4.39. The molecule has 2 aliphatic heterocycles. The standard InChI is InChI=1S/C29H25ClF2N4O2S.C2H5NO2.C2H6/c1-2-33-19-12-10-18(11-13-19)27-20(15-30)26-28(38)36(24-9-4-3-5-14-34-24)25(37)17-35(29(26)39-27)16-21-22(31)7-6-8-23(21)32;1-5-3-2-4;1-2/h3-8,10-14,33H,2,9,15-17H2,1H3;2H,1H3,(H,3,4);1-2H3. The van der Waals surface area contributed by atoms with Crippen LogP contribution in [0.3, 0.4) is 0 Å². The van der Waals surface area contributed by atoms with Crippen molar-refractivity contribution in [3.05, 3.63) is 95.2 Å². The summed E-state index contributed by atoms with van der Waals surface area (Å²) in [5.74, 6) is -2.29. The number of fused-ring (bicyclic) bond motifs is 1. The van der Waals surface area contributed by atoms with Crippen LogP contribution >= 0.6 is 22.9 Å². The number of nitrogens with zero attached hydrogens (tertiary/aromatic N) is 3. The summed E-state index contributed by atoms with van der Waals surface area (Å²) in [6, 6.07) is 11.4. The van der Waals surface area contributed by atoms with Gasteiger partial charge in [0.05, 0.1) is 25.8 Å². The smallest absolute Gasteiger partial charge is 0.269 e. The Morgan fingerprint density at radius 3 is 2.35 bits per heavy atom. The van der Waals surface area contributed by atoms with Gasteiger partial charge in [0, 0.05) is 46.7 Å². The molecule has 5 rings (SSSR count). The molecule has 2 aliphatic rings. The Kier molecular flexibility index (Phi) is 14.1. The molecule has 2 aromatic carbocycles. The first kappa shape index (κ1) is 36.1. The van der Waals surface area contributed by atoms with E-state index in [0.717, 1.165) is 27.6 Å². The number of nitrogens with one attached hydrogen (secondary N) is 2. The third-order valence-electron chi connectivity index (χ3n) is 6.62. The number of hydroxylamine groups is 1. The van der Waals surface area contributed by atoms with Crippen molar-refractivity contribution in [3.63, 3.8) is 0 Å². The minimum Gasteiger partial charge on any atom is -0.385 e. The van der Waals surface area contributed by atoms with E-state index < -0.39 is 23.4 Å². The quantitative estimate of drug-likeness (QED) is 0.115. The van der Waals surface area contributed by atoms with Crippen molar-refractivity contribution in [1.82, 2.24) is 10.4 Å². The molecule has 3 aromatic rings. The third kappa shape index (κ3) is 8.45. The average molecular weight is 672 g/mol. The maximum atomic E-state index is 14.7. The van der Waals surface area contributed by atoms with Crippen LogP contribution in [0.25, 0.3) is 10.4 Å². The highest BCUT2D eigenvalue weighted by molar-refractivity contribution is 7.20. The fourth-order valence-electron chi connectivity index (χ4n) is 4.67. The van der Waals surface area contributed by atoms with Crippen LogP contribution in [-0.2, 0) is 26.9 Å². The number of thiophene rings is 1. The number of amides is 3. The van der Waals surface area contributed by atoms with E-state index in [1.807, 2.05) is 50.5 Å². The van der Waals surface area contributed by atoms with Gasteiger partial charge in [-0.15, -0.1) is 22.9 Å². The molecule has 1 aromatic heterocycles. The lowest BCUT2D eigenvalue weighted by atomic mass is 10.0. The summed E-state index contributed by atoms with van der Waals surface area (Å²) >= 11 is 7.74. The number of hydrogen-bond donors (Lipinski definition) is 2. The van der Waals surface area contributed by atoms with Gasteiger partial charge in [0.25, 0.3) is 11.8 Å². The van der Waals surface area contributed by atoms with E-state index in [2.05, 4.69) is 15.1 Å². The molecular formula is C33H36ClF2N5O4S. The Morgan fingerprint density at radius 1 is 1.07 bits per heavy atom. The molecule has 0 bridgehead atoms. The molecule has 9 nitrogen and oxygen atoms in total. The van der Waals surface area contributed by atoms with Crippen LogP contribution in [0.1, 0.15) is 48.7 Å². The fraction of sp³-hybridized carbons (Fsp3) is 0.273. The first-order chi connectivity index (χ1) is 22.3. The number of allylic oxidation sites excluding steroid dienone is 2. The number of aliphatic imine (C=N–C) groups is 1. The van der Waals surface area contributed by atoms with Gasteiger partial charge in [0.15, 0.2) is 0 Å². The van der Waals surface area contributed by atoms with Crippen molar-refractivity contribution in [3.8, 4) is 10.4 Å². The molecule has 0 atom stereocenters. The Balaban J connectivity index is 0.000000752. The second-order valence-corrected chi connectivity index (χ2v) is 10.6. The lowest BCUT2D eigenvalue weighted by Gasteiger charge is -2.23. The number of benzene rings is 2. The molecule has 2 N–H and O–H groups in total. The van der Waals surface area contributed by atoms with Crippen molar-refractivity contribution in [2.75, 3.05) is 30.4 Å². The predicted molar refractivity (Wildman–Crippen MR) is 180 cm³/mol. The lowest BCUT2D eigenvalue weighted by Crippen LogP contribution is -2.44. The van der Waals surface area contributed by atoms with Crippen molar-refractivity contribution in [2.45, 2.75) is 39.6 Å². The summed E-state index contributed by atoms with van der Waals surface area (Å²) in [7, 11) is 1.37. The zero-order chi connectivity index (χ0) is 33.6. The Labute approximate surface area is 276 Å². The van der Waals surface area contributed by atoms with Crippen LogP contribution in [0, 0.1) is 11.6 Å². The highest BCUT2D eigenvalue weighted by Crippen LogP contribution is 2.45. The average Bonchev–Trinajstić information content (AvgIpc) is 3.18. The SMILES string of the molecule is CC.CCNc1ccc(-c2sc3c(c2CCl)C(=O)N(C2=NC=CC=CC2)C(=O)CN3Cc2c(F)cccc2F)cc1.CONC=O. The number of alkyl halides is 1. The number of carbonyl (C=O) groups excluding carboxylic acids is 3. The molecule has 3 heterocycles. The molecule has 0 spiro atoms. The lowest BCUT2D eigenvalue weighted by molar-refractivity contribution is -0.124. The predicted octanol–water partition coefficient (Wildman–Crippen LogP) is 7.05. The Bertz CT molecular complexity index is 1590. The summed E-state index contributed by atoms with van der Waals surface area (Å²) in [4.78, 5) is 48.6. The van der Waals surface area contributed by atoms with Gasteiger partial charge >= 0.3 is 0 Å². The van der Waals surface area contributed by atoms with Gasteiger partial charge in [-0.25, -0.2) is 24.2 Å². The molecule has 46 heavy (non-hydrogen) atoms. The van der Waals surface area contributed by atoms with E-state index in [4.69, 9.17) is 16.4 Å². The van der Waals surface area contributed by atoms with Gasteiger partial charge in [-0.2, -0.15) is 0 Å². The fourth-order valence-corrected chi connectivity index (χ4v) is 6.34. The number of rotatable bonds is 8. The van der Waals surface area contributed by atoms with Gasteiger partial charge in [-0.05, 0) is 42.8 Å². The summed E-state index contributed by atoms with van der Waals surface area (Å²) in [5, 5.41) is 3.68. The van der Waals surface area contributed by atoms with Crippen LogP contribution in [0.2, 0.25) is 0 Å². The molecule has 13 heteroatoms. The number of hydrogen-bond acceptors (Lipinski definition) is 8. The van der Waals surface area contributed by atoms with Crippen molar-refractivity contribution >= 4 is 57.7 Å². The number of halogens is 3. The maximum Gasteiger partial charge on any atom is 0.269 e. The first-order valence-electron chi connectivity index (χ1n) is 14.6. The van der Waals surface area contributed by atoms with E-state index in [1.165, 1.54) is 42.8 Å². The molecule has 0 radical (unpaired) electrons. The number of carbonyl (C=O) groups is 3. The molecule has 0 saturated carbocycles. The highest BCUT2D eigenvalue weighted by atomic mass is 35.5. The van der Waals surface area contributed by atoms with Crippen LogP contribution in [0.5, 0.6) is 0 Å². The zero-order valence-electron chi connectivity index (χ0n) is 26.0. The van der Waals surface area contributed by atoms with Crippen LogP contribution in [0.15, 0.2) is 71.9 Å². The normalized spacial score (nSPS) is 13.8. The van der Waals surface area contributed by atoms with Crippen LogP contribution < -0.4 is 15.7 Å². The van der Waals surface area contributed by atoms with E-state index in [9.17, 15) is 18.4 Å². The van der Waals surface area contributed by atoms with Gasteiger partial charge in [0.1, 0.15) is 22.5 Å². The molecule has 244 valence electrons. The van der Waals surface area contributed by atoms with Crippen molar-refractivity contribution in [2.24, 2.45) is 4.99 Å². The van der Waals surface area contributed by atoms with Crippen molar-refractivity contribution < 1.29 is 28.0 Å². The zero-order valence-corrected chi connectivity index (χ0v) is 27.6. The first-order valence-corrected chi connectivity index (χ1v) is 15.9. The van der Waals surface area contributed by atoms with Crippen LogP contribution in [0.4, 0.5) is 19.5 Å². The molecular weight excluding hydrogens is 636 g/mol. The van der Waals surface area contributed by atoms with Gasteiger partial charge < -0.3 is 10.2 Å². The third-order valence-corrected chi connectivity index (χ3v) is 8.23. The number of anilines is 2. The van der Waals surface area contributed by atoms with Gasteiger partial charge in [-0.1, -0.05) is 44.2 Å². The van der Waals surface area contributed by atoms with Crippen molar-refractivity contribution in [1.29, 1.82) is 0 Å². The van der Waals surface area contributed by atoms with Gasteiger partial charge in [0.2, 0.25) is 6.41 Å². The second-order valence-electron chi connectivity index (χ2n) is 9.38. The molecule has 0 unspecified atom stereocenters. The molecule has 3 amide bonds. The number of amidine groups is 1. The van der Waals surface area contributed by atoms with Gasteiger partial charge in [-0.3, -0.25) is 19.2 Å². The summed E-state index contributed by atoms with van der Waals surface area (Å²) in [5.41, 5.74) is 4.32. The second kappa shape index (κ2) is 17.9. The Morgan fingerprint density at radius 2 is 1.76 bits per heavy atom. The largest absolute Gasteiger partial charge is 0.385 e. The summed E-state index contributed by atoms with van der Waals surface area (Å²) in [6.45, 7) is 6.26. The highest BCUT2D eigenvalue weighted by Gasteiger charge is 2.39. The minimum atomic E-state index is -0.729. The monoisotopic (exact) mass is 671 g/mol. The molecule has 0 fully saturated rings. The maximum absolute atomic E-state index is 14.7. The molecule has 0 aliphatic carbocycles. The minimum absolute atomic E-state index is 0.00191. The topological polar surface area (TPSA) is 103 Å². The van der Waals surface area contributed by atoms with Crippen LogP contribution in [-0.4, -0.2) is 49.2 Å². The van der Waals surface area contributed by atoms with E-state index in [-0.39, 0.29) is 42.4 Å². The number of imide groups is 1. The summed E-state index contributed by atoms with van der Waals surface area (Å²) in [6.07, 6.45) is 7.54. The van der Waals surface area contributed by atoms with E-state index in [1.54, 1.807) is 23.1 Å². The van der Waals surface area contributed by atoms with E-state index in [0.29, 0.717) is 17.0 Å².